The molecule has 0 atom stereocenters. The SMILES string of the molecule is CCc1nc(CNCC2(COC)CCC2)c(C)[nH]1. The van der Waals surface area contributed by atoms with E-state index in [2.05, 4.69) is 29.1 Å². The van der Waals surface area contributed by atoms with Gasteiger partial charge in [-0.2, -0.15) is 0 Å². The second-order valence-corrected chi connectivity index (χ2v) is 5.50. The predicted molar refractivity (Wildman–Crippen MR) is 72.6 cm³/mol. The molecule has 1 saturated carbocycles. The molecule has 1 aromatic heterocycles. The number of aromatic amines is 1. The number of imidazole rings is 1. The van der Waals surface area contributed by atoms with Gasteiger partial charge in [0.2, 0.25) is 0 Å². The first kappa shape index (κ1) is 13.6. The van der Waals surface area contributed by atoms with Crippen LogP contribution in [-0.2, 0) is 17.7 Å². The number of aryl methyl sites for hydroxylation is 2. The topological polar surface area (TPSA) is 49.9 Å². The van der Waals surface area contributed by atoms with Gasteiger partial charge in [0.15, 0.2) is 0 Å². The van der Waals surface area contributed by atoms with E-state index in [1.54, 1.807) is 7.11 Å². The van der Waals surface area contributed by atoms with Crippen molar-refractivity contribution in [3.05, 3.63) is 17.2 Å². The molecule has 1 aromatic rings. The quantitative estimate of drug-likeness (QED) is 0.781. The second-order valence-electron chi connectivity index (χ2n) is 5.50. The Morgan fingerprint density at radius 1 is 1.44 bits per heavy atom. The number of aromatic nitrogens is 2. The molecule has 2 rings (SSSR count). The Labute approximate surface area is 110 Å². The first-order valence-electron chi connectivity index (χ1n) is 6.93. The summed E-state index contributed by atoms with van der Waals surface area (Å²) in [6, 6.07) is 0. The molecule has 1 aliphatic carbocycles. The summed E-state index contributed by atoms with van der Waals surface area (Å²) >= 11 is 0. The fourth-order valence-corrected chi connectivity index (χ4v) is 2.70. The van der Waals surface area contributed by atoms with Crippen LogP contribution in [0.5, 0.6) is 0 Å². The summed E-state index contributed by atoms with van der Waals surface area (Å²) in [6.07, 6.45) is 4.88. The Balaban J connectivity index is 1.82. The summed E-state index contributed by atoms with van der Waals surface area (Å²) in [5, 5.41) is 3.55. The smallest absolute Gasteiger partial charge is 0.106 e. The molecule has 0 aromatic carbocycles. The molecule has 18 heavy (non-hydrogen) atoms. The summed E-state index contributed by atoms with van der Waals surface area (Å²) in [5.41, 5.74) is 2.72. The first-order chi connectivity index (χ1) is 8.69. The van der Waals surface area contributed by atoms with Crippen LogP contribution in [0.15, 0.2) is 0 Å². The van der Waals surface area contributed by atoms with Crippen molar-refractivity contribution in [2.45, 2.75) is 46.1 Å². The fourth-order valence-electron chi connectivity index (χ4n) is 2.70. The molecule has 0 spiro atoms. The van der Waals surface area contributed by atoms with Crippen LogP contribution in [0.4, 0.5) is 0 Å². The highest BCUT2D eigenvalue weighted by Crippen LogP contribution is 2.40. The third-order valence-corrected chi connectivity index (χ3v) is 4.03. The Morgan fingerprint density at radius 2 is 2.22 bits per heavy atom. The van der Waals surface area contributed by atoms with E-state index in [1.165, 1.54) is 25.0 Å². The first-order valence-corrected chi connectivity index (χ1v) is 6.93. The van der Waals surface area contributed by atoms with Crippen molar-refractivity contribution in [1.82, 2.24) is 15.3 Å². The van der Waals surface area contributed by atoms with Crippen molar-refractivity contribution in [3.63, 3.8) is 0 Å². The summed E-state index contributed by atoms with van der Waals surface area (Å²) in [6.45, 7) is 6.98. The van der Waals surface area contributed by atoms with Gasteiger partial charge in [-0.1, -0.05) is 13.3 Å². The number of hydrogen-bond donors (Lipinski definition) is 2. The van der Waals surface area contributed by atoms with E-state index in [0.29, 0.717) is 5.41 Å². The van der Waals surface area contributed by atoms with E-state index in [9.17, 15) is 0 Å². The van der Waals surface area contributed by atoms with Crippen LogP contribution >= 0.6 is 0 Å². The van der Waals surface area contributed by atoms with Crippen molar-refractivity contribution in [2.24, 2.45) is 5.41 Å². The van der Waals surface area contributed by atoms with E-state index in [4.69, 9.17) is 4.74 Å². The lowest BCUT2D eigenvalue weighted by Crippen LogP contribution is -2.43. The zero-order chi connectivity index (χ0) is 13.0. The van der Waals surface area contributed by atoms with Crippen LogP contribution in [-0.4, -0.2) is 30.2 Å². The van der Waals surface area contributed by atoms with Crippen LogP contribution in [0.2, 0.25) is 0 Å². The molecule has 4 heteroatoms. The molecule has 0 saturated heterocycles. The summed E-state index contributed by atoms with van der Waals surface area (Å²) in [7, 11) is 1.80. The van der Waals surface area contributed by atoms with Crippen molar-refractivity contribution >= 4 is 0 Å². The van der Waals surface area contributed by atoms with E-state index in [1.807, 2.05) is 0 Å². The monoisotopic (exact) mass is 251 g/mol. The highest BCUT2D eigenvalue weighted by Gasteiger charge is 2.36. The van der Waals surface area contributed by atoms with Crippen LogP contribution in [0.25, 0.3) is 0 Å². The molecule has 4 nitrogen and oxygen atoms in total. The molecule has 0 amide bonds. The highest BCUT2D eigenvalue weighted by molar-refractivity contribution is 5.13. The standard InChI is InChI=1S/C14H25N3O/c1-4-13-16-11(2)12(17-13)8-15-9-14(10-18-3)6-5-7-14/h15H,4-10H2,1-3H3,(H,16,17). The molecule has 2 N–H and O–H groups in total. The maximum Gasteiger partial charge on any atom is 0.106 e. The molecule has 1 fully saturated rings. The molecule has 1 heterocycles. The summed E-state index contributed by atoms with van der Waals surface area (Å²) in [5.74, 6) is 1.08. The van der Waals surface area contributed by atoms with E-state index >= 15 is 0 Å². The molecule has 0 unspecified atom stereocenters. The Kier molecular flexibility index (Phi) is 4.40. The molecular formula is C14H25N3O. The van der Waals surface area contributed by atoms with Gasteiger partial charge in [0.25, 0.3) is 0 Å². The zero-order valence-corrected chi connectivity index (χ0v) is 11.8. The van der Waals surface area contributed by atoms with E-state index in [0.717, 1.165) is 37.6 Å². The van der Waals surface area contributed by atoms with Gasteiger partial charge >= 0.3 is 0 Å². The largest absolute Gasteiger partial charge is 0.384 e. The molecule has 102 valence electrons. The van der Waals surface area contributed by atoms with Gasteiger partial charge in [-0.15, -0.1) is 0 Å². The number of methoxy groups -OCH3 is 1. The summed E-state index contributed by atoms with van der Waals surface area (Å²) < 4.78 is 5.34. The van der Waals surface area contributed by atoms with Crippen LogP contribution in [0.1, 0.15) is 43.4 Å². The van der Waals surface area contributed by atoms with Gasteiger partial charge in [-0.25, -0.2) is 4.98 Å². The lowest BCUT2D eigenvalue weighted by Gasteiger charge is -2.41. The van der Waals surface area contributed by atoms with Crippen molar-refractivity contribution < 1.29 is 4.74 Å². The normalized spacial score (nSPS) is 17.7. The third kappa shape index (κ3) is 2.93. The lowest BCUT2D eigenvalue weighted by atomic mass is 9.69. The minimum Gasteiger partial charge on any atom is -0.384 e. The molecule has 0 aliphatic heterocycles. The Morgan fingerprint density at radius 3 is 2.72 bits per heavy atom. The van der Waals surface area contributed by atoms with E-state index < -0.39 is 0 Å². The number of ether oxygens (including phenoxy) is 1. The van der Waals surface area contributed by atoms with E-state index in [-0.39, 0.29) is 0 Å². The molecule has 0 bridgehead atoms. The van der Waals surface area contributed by atoms with Crippen LogP contribution in [0.3, 0.4) is 0 Å². The van der Waals surface area contributed by atoms with Gasteiger partial charge in [-0.3, -0.25) is 0 Å². The minimum absolute atomic E-state index is 0.381. The van der Waals surface area contributed by atoms with Crippen LogP contribution < -0.4 is 5.32 Å². The predicted octanol–water partition coefficient (Wildman–Crippen LogP) is 2.19. The number of nitrogens with one attached hydrogen (secondary N) is 2. The average molecular weight is 251 g/mol. The molecule has 1 aliphatic rings. The van der Waals surface area contributed by atoms with Crippen molar-refractivity contribution in [2.75, 3.05) is 20.3 Å². The Hall–Kier alpha value is -0.870. The average Bonchev–Trinajstić information content (AvgIpc) is 2.67. The van der Waals surface area contributed by atoms with Gasteiger partial charge < -0.3 is 15.0 Å². The van der Waals surface area contributed by atoms with Gasteiger partial charge in [0.1, 0.15) is 5.82 Å². The van der Waals surface area contributed by atoms with Crippen molar-refractivity contribution in [3.8, 4) is 0 Å². The van der Waals surface area contributed by atoms with Crippen LogP contribution in [0, 0.1) is 12.3 Å². The number of nitrogens with zero attached hydrogens (tertiary/aromatic N) is 1. The maximum atomic E-state index is 5.34. The van der Waals surface area contributed by atoms with Gasteiger partial charge in [-0.05, 0) is 19.8 Å². The lowest BCUT2D eigenvalue weighted by molar-refractivity contribution is 0.0177. The minimum atomic E-state index is 0.381. The zero-order valence-electron chi connectivity index (χ0n) is 11.8. The third-order valence-electron chi connectivity index (χ3n) is 4.03. The Bertz CT molecular complexity index is 382. The number of H-pyrrole nitrogens is 1. The van der Waals surface area contributed by atoms with Gasteiger partial charge in [0.05, 0.1) is 12.3 Å². The number of hydrogen-bond acceptors (Lipinski definition) is 3. The highest BCUT2D eigenvalue weighted by atomic mass is 16.5. The summed E-state index contributed by atoms with van der Waals surface area (Å²) in [4.78, 5) is 7.91. The fraction of sp³-hybridized carbons (Fsp3) is 0.786. The van der Waals surface area contributed by atoms with Gasteiger partial charge in [0, 0.05) is 37.7 Å². The number of rotatable bonds is 7. The molecule has 0 radical (unpaired) electrons. The molecular weight excluding hydrogens is 226 g/mol. The second kappa shape index (κ2) is 5.85. The maximum absolute atomic E-state index is 5.34. The van der Waals surface area contributed by atoms with Crippen molar-refractivity contribution in [1.29, 1.82) is 0 Å².